The van der Waals surface area contributed by atoms with Crippen LogP contribution in [-0.2, 0) is 0 Å². The summed E-state index contributed by atoms with van der Waals surface area (Å²) in [5.74, 6) is 0. The molecule has 15 heavy (non-hydrogen) atoms. The van der Waals surface area contributed by atoms with Crippen LogP contribution in [0.5, 0.6) is 0 Å². The van der Waals surface area contributed by atoms with Gasteiger partial charge in [0.25, 0.3) is 0 Å². The first-order chi connectivity index (χ1) is 7.15. The standard InChI is InChI=1S/C11H23N3O/c1-4-7-12-10-5-8-14(9-6-10)11(15)13(2)3/h10,12H,4-9H2,1-3H3. The zero-order valence-corrected chi connectivity index (χ0v) is 10.1. The van der Waals surface area contributed by atoms with E-state index in [9.17, 15) is 4.79 Å². The van der Waals surface area contributed by atoms with E-state index in [0.29, 0.717) is 6.04 Å². The van der Waals surface area contributed by atoms with Crippen molar-refractivity contribution in [3.8, 4) is 0 Å². The molecule has 1 N–H and O–H groups in total. The summed E-state index contributed by atoms with van der Waals surface area (Å²) in [5.41, 5.74) is 0. The highest BCUT2D eigenvalue weighted by molar-refractivity contribution is 5.73. The third kappa shape index (κ3) is 3.70. The third-order valence-electron chi connectivity index (χ3n) is 2.83. The molecule has 0 saturated carbocycles. The van der Waals surface area contributed by atoms with Gasteiger partial charge in [-0.2, -0.15) is 0 Å². The Kier molecular flexibility index (Phi) is 4.88. The van der Waals surface area contributed by atoms with Crippen molar-refractivity contribution in [3.05, 3.63) is 0 Å². The van der Waals surface area contributed by atoms with Crippen molar-refractivity contribution in [2.45, 2.75) is 32.2 Å². The van der Waals surface area contributed by atoms with Crippen LogP contribution in [0, 0.1) is 0 Å². The minimum Gasteiger partial charge on any atom is -0.331 e. The van der Waals surface area contributed by atoms with Crippen molar-refractivity contribution in [2.24, 2.45) is 0 Å². The molecule has 4 nitrogen and oxygen atoms in total. The largest absolute Gasteiger partial charge is 0.331 e. The lowest BCUT2D eigenvalue weighted by molar-refractivity contribution is 0.152. The number of amides is 2. The lowest BCUT2D eigenvalue weighted by atomic mass is 10.1. The first-order valence-electron chi connectivity index (χ1n) is 5.84. The van der Waals surface area contributed by atoms with Gasteiger partial charge in [-0.3, -0.25) is 0 Å². The highest BCUT2D eigenvalue weighted by Crippen LogP contribution is 2.11. The van der Waals surface area contributed by atoms with Gasteiger partial charge in [0.15, 0.2) is 0 Å². The number of urea groups is 1. The van der Waals surface area contributed by atoms with Crippen LogP contribution in [0.4, 0.5) is 4.79 Å². The highest BCUT2D eigenvalue weighted by atomic mass is 16.2. The third-order valence-corrected chi connectivity index (χ3v) is 2.83. The van der Waals surface area contributed by atoms with Gasteiger partial charge in [0.2, 0.25) is 0 Å². The van der Waals surface area contributed by atoms with E-state index < -0.39 is 0 Å². The molecule has 88 valence electrons. The number of carbonyl (C=O) groups excluding carboxylic acids is 1. The molecule has 0 bridgehead atoms. The molecule has 0 atom stereocenters. The summed E-state index contributed by atoms with van der Waals surface area (Å²) in [6.07, 6.45) is 3.34. The van der Waals surface area contributed by atoms with E-state index in [0.717, 1.165) is 32.5 Å². The summed E-state index contributed by atoms with van der Waals surface area (Å²) in [7, 11) is 3.62. The van der Waals surface area contributed by atoms with Crippen molar-refractivity contribution in [1.82, 2.24) is 15.1 Å². The maximum atomic E-state index is 11.7. The van der Waals surface area contributed by atoms with Gasteiger partial charge in [-0.25, -0.2) is 4.79 Å². The zero-order chi connectivity index (χ0) is 11.3. The topological polar surface area (TPSA) is 35.6 Å². The van der Waals surface area contributed by atoms with Gasteiger partial charge < -0.3 is 15.1 Å². The minimum atomic E-state index is 0.143. The van der Waals surface area contributed by atoms with E-state index in [2.05, 4.69) is 12.2 Å². The molecule has 0 spiro atoms. The number of hydrogen-bond donors (Lipinski definition) is 1. The molecular formula is C11H23N3O. The van der Waals surface area contributed by atoms with Crippen LogP contribution in [0.15, 0.2) is 0 Å². The molecule has 1 fully saturated rings. The maximum Gasteiger partial charge on any atom is 0.319 e. The van der Waals surface area contributed by atoms with E-state index in [1.807, 2.05) is 19.0 Å². The molecule has 1 saturated heterocycles. The highest BCUT2D eigenvalue weighted by Gasteiger charge is 2.22. The molecule has 1 rings (SSSR count). The molecule has 0 aromatic carbocycles. The molecule has 0 radical (unpaired) electrons. The average molecular weight is 213 g/mol. The van der Waals surface area contributed by atoms with Crippen LogP contribution < -0.4 is 5.32 Å². The second kappa shape index (κ2) is 5.95. The van der Waals surface area contributed by atoms with Crippen LogP contribution in [0.25, 0.3) is 0 Å². The first kappa shape index (κ1) is 12.3. The monoisotopic (exact) mass is 213 g/mol. The molecule has 0 aliphatic carbocycles. The fraction of sp³-hybridized carbons (Fsp3) is 0.909. The van der Waals surface area contributed by atoms with Gasteiger partial charge in [-0.15, -0.1) is 0 Å². The van der Waals surface area contributed by atoms with E-state index in [1.165, 1.54) is 6.42 Å². The van der Waals surface area contributed by atoms with Gasteiger partial charge in [0.05, 0.1) is 0 Å². The predicted molar refractivity (Wildman–Crippen MR) is 62.0 cm³/mol. The Hall–Kier alpha value is -0.770. The van der Waals surface area contributed by atoms with Crippen molar-refractivity contribution in [2.75, 3.05) is 33.7 Å². The summed E-state index contributed by atoms with van der Waals surface area (Å²) < 4.78 is 0. The Morgan fingerprint density at radius 2 is 2.00 bits per heavy atom. The zero-order valence-electron chi connectivity index (χ0n) is 10.1. The summed E-state index contributed by atoms with van der Waals surface area (Å²) in [5, 5.41) is 3.51. The van der Waals surface area contributed by atoms with Gasteiger partial charge in [-0.1, -0.05) is 6.92 Å². The molecular weight excluding hydrogens is 190 g/mol. The summed E-state index contributed by atoms with van der Waals surface area (Å²) in [4.78, 5) is 15.2. The fourth-order valence-electron chi connectivity index (χ4n) is 1.91. The van der Waals surface area contributed by atoms with Crippen LogP contribution in [0.3, 0.4) is 0 Å². The number of nitrogens with one attached hydrogen (secondary N) is 1. The van der Waals surface area contributed by atoms with E-state index >= 15 is 0 Å². The van der Waals surface area contributed by atoms with Crippen LogP contribution in [0.1, 0.15) is 26.2 Å². The van der Waals surface area contributed by atoms with Crippen LogP contribution in [0.2, 0.25) is 0 Å². The predicted octanol–water partition coefficient (Wildman–Crippen LogP) is 1.13. The quantitative estimate of drug-likeness (QED) is 0.763. The van der Waals surface area contributed by atoms with Crippen molar-refractivity contribution >= 4 is 6.03 Å². The van der Waals surface area contributed by atoms with Gasteiger partial charge in [-0.05, 0) is 25.8 Å². The lowest BCUT2D eigenvalue weighted by Gasteiger charge is -2.34. The normalized spacial score (nSPS) is 17.9. The molecule has 0 aromatic rings. The van der Waals surface area contributed by atoms with E-state index in [4.69, 9.17) is 0 Å². The number of nitrogens with zero attached hydrogens (tertiary/aromatic N) is 2. The SMILES string of the molecule is CCCNC1CCN(C(=O)N(C)C)CC1. The minimum absolute atomic E-state index is 0.143. The molecule has 0 aromatic heterocycles. The smallest absolute Gasteiger partial charge is 0.319 e. The van der Waals surface area contributed by atoms with Gasteiger partial charge in [0.1, 0.15) is 0 Å². The maximum absolute atomic E-state index is 11.7. The van der Waals surface area contributed by atoms with Crippen molar-refractivity contribution < 1.29 is 4.79 Å². The second-order valence-corrected chi connectivity index (χ2v) is 4.39. The molecule has 0 unspecified atom stereocenters. The van der Waals surface area contributed by atoms with Gasteiger partial charge in [0, 0.05) is 33.2 Å². The molecule has 4 heteroatoms. The fourth-order valence-corrected chi connectivity index (χ4v) is 1.91. The first-order valence-corrected chi connectivity index (χ1v) is 5.84. The Labute approximate surface area is 92.6 Å². The number of carbonyl (C=O) groups is 1. The van der Waals surface area contributed by atoms with E-state index in [1.54, 1.807) is 4.90 Å². The number of rotatable bonds is 3. The molecule has 1 aliphatic rings. The van der Waals surface area contributed by atoms with Crippen LogP contribution >= 0.6 is 0 Å². The number of piperidine rings is 1. The molecule has 1 aliphatic heterocycles. The lowest BCUT2D eigenvalue weighted by Crippen LogP contribution is -2.48. The second-order valence-electron chi connectivity index (χ2n) is 4.39. The Bertz CT molecular complexity index is 198. The average Bonchev–Trinajstić information content (AvgIpc) is 2.26. The summed E-state index contributed by atoms with van der Waals surface area (Å²) in [6, 6.07) is 0.750. The Balaban J connectivity index is 2.26. The van der Waals surface area contributed by atoms with Crippen molar-refractivity contribution in [3.63, 3.8) is 0 Å². The molecule has 1 heterocycles. The Morgan fingerprint density at radius 3 is 2.47 bits per heavy atom. The molecule has 2 amide bonds. The number of likely N-dealkylation sites (tertiary alicyclic amines) is 1. The summed E-state index contributed by atoms with van der Waals surface area (Å²) in [6.45, 7) is 5.04. The van der Waals surface area contributed by atoms with E-state index in [-0.39, 0.29) is 6.03 Å². The summed E-state index contributed by atoms with van der Waals surface area (Å²) >= 11 is 0. The van der Waals surface area contributed by atoms with Crippen LogP contribution in [-0.4, -0.2) is 55.6 Å². The Morgan fingerprint density at radius 1 is 1.40 bits per heavy atom. The number of hydrogen-bond acceptors (Lipinski definition) is 2. The van der Waals surface area contributed by atoms with Gasteiger partial charge >= 0.3 is 6.03 Å². The van der Waals surface area contributed by atoms with Crippen molar-refractivity contribution in [1.29, 1.82) is 0 Å².